The van der Waals surface area contributed by atoms with Gasteiger partial charge in [-0.05, 0) is 24.3 Å². The zero-order chi connectivity index (χ0) is 12.9. The molecule has 0 aromatic heterocycles. The molecule has 6 heteroatoms. The van der Waals surface area contributed by atoms with E-state index in [4.69, 9.17) is 5.26 Å². The minimum absolute atomic E-state index is 0.0417. The highest BCUT2D eigenvalue weighted by Crippen LogP contribution is 2.08. The fraction of sp³-hybridized carbons (Fsp3) is 0.364. The minimum atomic E-state index is -3.16. The number of anilines is 1. The molecule has 0 atom stereocenters. The molecule has 0 aliphatic rings. The molecule has 0 unspecified atom stereocenters. The topological polar surface area (TPSA) is 73.2 Å². The Bertz CT molecular complexity index is 501. The van der Waals surface area contributed by atoms with Gasteiger partial charge in [-0.1, -0.05) is 0 Å². The molecule has 1 aromatic rings. The minimum Gasteiger partial charge on any atom is -0.384 e. The molecule has 0 fully saturated rings. The maximum absolute atomic E-state index is 11.5. The van der Waals surface area contributed by atoms with Crippen molar-refractivity contribution in [1.29, 1.82) is 5.26 Å². The van der Waals surface area contributed by atoms with Crippen LogP contribution in [0.3, 0.4) is 0 Å². The summed E-state index contributed by atoms with van der Waals surface area (Å²) in [4.78, 5) is 0. The molecule has 1 rings (SSSR count). The van der Waals surface area contributed by atoms with Crippen LogP contribution in [0, 0.1) is 11.3 Å². The quantitative estimate of drug-likeness (QED) is 0.844. The Balaban J connectivity index is 2.49. The van der Waals surface area contributed by atoms with Gasteiger partial charge < -0.3 is 5.32 Å². The van der Waals surface area contributed by atoms with Gasteiger partial charge in [-0.3, -0.25) is 0 Å². The second-order valence-electron chi connectivity index (χ2n) is 3.71. The Kier molecular flexibility index (Phi) is 4.49. The van der Waals surface area contributed by atoms with Crippen LogP contribution in [0.2, 0.25) is 0 Å². The Labute approximate surface area is 102 Å². The summed E-state index contributed by atoms with van der Waals surface area (Å²) in [5.41, 5.74) is 1.38. The number of benzene rings is 1. The summed E-state index contributed by atoms with van der Waals surface area (Å²) in [6.45, 7) is 0.340. The SMILES string of the molecule is CN(C)S(=O)(=O)CCNc1ccc(C#N)cc1. The van der Waals surface area contributed by atoms with Crippen molar-refractivity contribution < 1.29 is 8.42 Å². The first-order valence-corrected chi connectivity index (χ1v) is 6.71. The van der Waals surface area contributed by atoms with Gasteiger partial charge in [0.1, 0.15) is 0 Å². The number of hydrogen-bond donors (Lipinski definition) is 1. The van der Waals surface area contributed by atoms with E-state index in [0.29, 0.717) is 12.1 Å². The maximum Gasteiger partial charge on any atom is 0.215 e. The first kappa shape index (κ1) is 13.5. The zero-order valence-electron chi connectivity index (χ0n) is 9.84. The van der Waals surface area contributed by atoms with Gasteiger partial charge in [0, 0.05) is 26.3 Å². The van der Waals surface area contributed by atoms with E-state index >= 15 is 0 Å². The normalized spacial score (nSPS) is 11.2. The third kappa shape index (κ3) is 4.06. The van der Waals surface area contributed by atoms with Crippen molar-refractivity contribution >= 4 is 15.7 Å². The Morgan fingerprint density at radius 1 is 1.29 bits per heavy atom. The molecule has 92 valence electrons. The summed E-state index contributed by atoms with van der Waals surface area (Å²) < 4.78 is 24.1. The number of hydrogen-bond acceptors (Lipinski definition) is 4. The summed E-state index contributed by atoms with van der Waals surface area (Å²) in [5, 5.41) is 11.6. The molecule has 0 spiro atoms. The lowest BCUT2D eigenvalue weighted by Gasteiger charge is -2.12. The van der Waals surface area contributed by atoms with E-state index in [2.05, 4.69) is 5.32 Å². The highest BCUT2D eigenvalue weighted by atomic mass is 32.2. The summed E-state index contributed by atoms with van der Waals surface area (Å²) in [6, 6.07) is 8.89. The monoisotopic (exact) mass is 253 g/mol. The van der Waals surface area contributed by atoms with Gasteiger partial charge in [0.2, 0.25) is 10.0 Å². The van der Waals surface area contributed by atoms with Crippen LogP contribution in [0.15, 0.2) is 24.3 Å². The molecule has 1 aromatic carbocycles. The lowest BCUT2D eigenvalue weighted by molar-refractivity contribution is 0.521. The highest BCUT2D eigenvalue weighted by Gasteiger charge is 2.12. The molecule has 0 heterocycles. The van der Waals surface area contributed by atoms with Crippen LogP contribution >= 0.6 is 0 Å². The predicted molar refractivity (Wildman–Crippen MR) is 67.1 cm³/mol. The van der Waals surface area contributed by atoms with Crippen molar-refractivity contribution in [3.05, 3.63) is 29.8 Å². The van der Waals surface area contributed by atoms with Crippen LogP contribution in [0.5, 0.6) is 0 Å². The Hall–Kier alpha value is -1.58. The number of sulfonamides is 1. The molecular formula is C11H15N3O2S. The summed E-state index contributed by atoms with van der Waals surface area (Å²) in [7, 11) is -0.141. The second-order valence-corrected chi connectivity index (χ2v) is 6.02. The molecule has 0 aliphatic carbocycles. The van der Waals surface area contributed by atoms with Crippen LogP contribution in [-0.2, 0) is 10.0 Å². The van der Waals surface area contributed by atoms with E-state index in [0.717, 1.165) is 5.69 Å². The van der Waals surface area contributed by atoms with Gasteiger partial charge in [-0.25, -0.2) is 12.7 Å². The summed E-state index contributed by atoms with van der Waals surface area (Å²) >= 11 is 0. The van der Waals surface area contributed by atoms with E-state index in [1.807, 2.05) is 6.07 Å². The molecule has 0 aliphatic heterocycles. The lowest BCUT2D eigenvalue weighted by atomic mass is 10.2. The number of nitrogens with zero attached hydrogens (tertiary/aromatic N) is 2. The number of nitriles is 1. The fourth-order valence-electron chi connectivity index (χ4n) is 1.17. The Morgan fingerprint density at radius 3 is 2.35 bits per heavy atom. The van der Waals surface area contributed by atoms with Gasteiger partial charge in [0.25, 0.3) is 0 Å². The molecule has 0 amide bonds. The average Bonchev–Trinajstić information content (AvgIpc) is 2.29. The smallest absolute Gasteiger partial charge is 0.215 e. The molecule has 0 radical (unpaired) electrons. The van der Waals surface area contributed by atoms with E-state index < -0.39 is 10.0 Å². The van der Waals surface area contributed by atoms with E-state index in [1.54, 1.807) is 24.3 Å². The van der Waals surface area contributed by atoms with Gasteiger partial charge >= 0.3 is 0 Å². The first-order chi connectivity index (χ1) is 7.95. The molecule has 5 nitrogen and oxygen atoms in total. The molecule has 0 saturated heterocycles. The molecule has 1 N–H and O–H groups in total. The molecule has 0 bridgehead atoms. The third-order valence-corrected chi connectivity index (χ3v) is 4.09. The highest BCUT2D eigenvalue weighted by molar-refractivity contribution is 7.89. The Morgan fingerprint density at radius 2 is 1.88 bits per heavy atom. The molecule has 0 saturated carbocycles. The maximum atomic E-state index is 11.5. The van der Waals surface area contributed by atoms with Gasteiger partial charge in [-0.15, -0.1) is 0 Å². The van der Waals surface area contributed by atoms with Crippen LogP contribution in [-0.4, -0.2) is 39.1 Å². The standard InChI is InChI=1S/C11H15N3O2S/c1-14(2)17(15,16)8-7-13-11-5-3-10(9-12)4-6-11/h3-6,13H,7-8H2,1-2H3. The average molecular weight is 253 g/mol. The predicted octanol–water partition coefficient (Wildman–Crippen LogP) is 0.862. The first-order valence-electron chi connectivity index (χ1n) is 5.10. The third-order valence-electron chi connectivity index (χ3n) is 2.26. The van der Waals surface area contributed by atoms with Crippen LogP contribution < -0.4 is 5.32 Å². The number of nitrogens with one attached hydrogen (secondary N) is 1. The summed E-state index contributed by atoms with van der Waals surface area (Å²) in [5.74, 6) is 0.0417. The largest absolute Gasteiger partial charge is 0.384 e. The van der Waals surface area contributed by atoms with Gasteiger partial charge in [0.05, 0.1) is 17.4 Å². The van der Waals surface area contributed by atoms with Gasteiger partial charge in [0.15, 0.2) is 0 Å². The fourth-order valence-corrected chi connectivity index (χ4v) is 1.89. The van der Waals surface area contributed by atoms with Crippen molar-refractivity contribution in [3.63, 3.8) is 0 Å². The van der Waals surface area contributed by atoms with E-state index in [9.17, 15) is 8.42 Å². The van der Waals surface area contributed by atoms with E-state index in [-0.39, 0.29) is 5.75 Å². The van der Waals surface area contributed by atoms with Crippen LogP contribution in [0.1, 0.15) is 5.56 Å². The van der Waals surface area contributed by atoms with Crippen molar-refractivity contribution in [1.82, 2.24) is 4.31 Å². The summed E-state index contributed by atoms with van der Waals surface area (Å²) in [6.07, 6.45) is 0. The zero-order valence-corrected chi connectivity index (χ0v) is 10.7. The van der Waals surface area contributed by atoms with Crippen molar-refractivity contribution in [2.75, 3.05) is 31.7 Å². The van der Waals surface area contributed by atoms with Crippen LogP contribution in [0.25, 0.3) is 0 Å². The van der Waals surface area contributed by atoms with Crippen LogP contribution in [0.4, 0.5) is 5.69 Å². The lowest BCUT2D eigenvalue weighted by Crippen LogP contribution is -2.28. The van der Waals surface area contributed by atoms with Crippen molar-refractivity contribution in [2.45, 2.75) is 0 Å². The van der Waals surface area contributed by atoms with E-state index in [1.165, 1.54) is 18.4 Å². The molecule has 17 heavy (non-hydrogen) atoms. The van der Waals surface area contributed by atoms with Gasteiger partial charge in [-0.2, -0.15) is 5.26 Å². The van der Waals surface area contributed by atoms with Crippen molar-refractivity contribution in [2.24, 2.45) is 0 Å². The molecular weight excluding hydrogens is 238 g/mol. The number of rotatable bonds is 5. The second kappa shape index (κ2) is 5.66. The van der Waals surface area contributed by atoms with Crippen molar-refractivity contribution in [3.8, 4) is 6.07 Å².